The first kappa shape index (κ1) is 13.1. The Hall–Kier alpha value is -2.86. The van der Waals surface area contributed by atoms with Crippen LogP contribution in [-0.4, -0.2) is 4.98 Å². The molecule has 102 valence electrons. The fourth-order valence-electron chi connectivity index (χ4n) is 2.23. The summed E-state index contributed by atoms with van der Waals surface area (Å²) in [5, 5.41) is 13.5. The molecule has 21 heavy (non-hydrogen) atoms. The highest BCUT2D eigenvalue weighted by molar-refractivity contribution is 5.82. The van der Waals surface area contributed by atoms with Gasteiger partial charge in [-0.15, -0.1) is 0 Å². The van der Waals surface area contributed by atoms with Crippen molar-refractivity contribution in [3.05, 3.63) is 71.3 Å². The first-order valence-electron chi connectivity index (χ1n) is 6.85. The summed E-state index contributed by atoms with van der Waals surface area (Å²) in [4.78, 5) is 4.55. The first-order chi connectivity index (χ1) is 10.3. The molecule has 2 aromatic carbocycles. The van der Waals surface area contributed by atoms with Crippen molar-refractivity contribution < 1.29 is 0 Å². The van der Waals surface area contributed by atoms with Gasteiger partial charge in [-0.05, 0) is 24.6 Å². The minimum Gasteiger partial charge on any atom is -0.365 e. The number of rotatable bonds is 3. The van der Waals surface area contributed by atoms with Gasteiger partial charge in [0.2, 0.25) is 0 Å². The van der Waals surface area contributed by atoms with Crippen LogP contribution in [0.3, 0.4) is 0 Å². The lowest BCUT2D eigenvalue weighted by molar-refractivity contribution is 1.11. The predicted molar refractivity (Wildman–Crippen MR) is 85.0 cm³/mol. The Labute approximate surface area is 123 Å². The van der Waals surface area contributed by atoms with Crippen LogP contribution in [0.2, 0.25) is 0 Å². The third-order valence-corrected chi connectivity index (χ3v) is 3.42. The Balaban J connectivity index is 1.89. The number of nitrogens with one attached hydrogen (secondary N) is 1. The van der Waals surface area contributed by atoms with Crippen LogP contribution >= 0.6 is 0 Å². The number of hydrogen-bond acceptors (Lipinski definition) is 3. The Morgan fingerprint density at radius 1 is 1.10 bits per heavy atom. The van der Waals surface area contributed by atoms with Crippen molar-refractivity contribution in [2.24, 2.45) is 0 Å². The number of pyridine rings is 1. The van der Waals surface area contributed by atoms with E-state index in [0.717, 1.165) is 10.9 Å². The smallest absolute Gasteiger partial charge is 0.144 e. The van der Waals surface area contributed by atoms with E-state index >= 15 is 0 Å². The number of hydrogen-bond donors (Lipinski definition) is 1. The van der Waals surface area contributed by atoms with Gasteiger partial charge in [0.05, 0.1) is 11.1 Å². The molecule has 0 spiro atoms. The molecule has 1 N–H and O–H groups in total. The fraction of sp³-hybridized carbons (Fsp3) is 0.111. The van der Waals surface area contributed by atoms with E-state index < -0.39 is 0 Å². The zero-order valence-corrected chi connectivity index (χ0v) is 11.8. The van der Waals surface area contributed by atoms with Crippen molar-refractivity contribution in [2.75, 3.05) is 5.32 Å². The van der Waals surface area contributed by atoms with Gasteiger partial charge in [0.1, 0.15) is 11.9 Å². The molecule has 0 amide bonds. The molecule has 0 bridgehead atoms. The molecule has 0 saturated carbocycles. The van der Waals surface area contributed by atoms with Crippen LogP contribution in [0.5, 0.6) is 0 Å². The van der Waals surface area contributed by atoms with E-state index in [-0.39, 0.29) is 0 Å². The summed E-state index contributed by atoms with van der Waals surface area (Å²) >= 11 is 0. The highest BCUT2D eigenvalue weighted by atomic mass is 15.0. The molecule has 0 saturated heterocycles. The number of fused-ring (bicyclic) bond motifs is 1. The Morgan fingerprint density at radius 2 is 1.86 bits per heavy atom. The standard InChI is InChI=1S/C18H15N3/c1-13-6-8-14(9-7-13)12-20-18-16(11-19)10-15-4-2-3-5-17(15)21-18/h2-10H,12H2,1H3,(H,20,21). The fourth-order valence-corrected chi connectivity index (χ4v) is 2.23. The van der Waals surface area contributed by atoms with Gasteiger partial charge >= 0.3 is 0 Å². The monoisotopic (exact) mass is 273 g/mol. The van der Waals surface area contributed by atoms with E-state index in [0.29, 0.717) is 17.9 Å². The number of benzene rings is 2. The summed E-state index contributed by atoms with van der Waals surface area (Å²) in [6, 6.07) is 20.2. The minimum atomic E-state index is 0.570. The molecule has 0 aliphatic carbocycles. The number of aryl methyl sites for hydroxylation is 1. The molecule has 1 aromatic heterocycles. The molecular weight excluding hydrogens is 258 g/mol. The second kappa shape index (κ2) is 5.64. The number of nitriles is 1. The summed E-state index contributed by atoms with van der Waals surface area (Å²) in [5.74, 6) is 0.636. The molecule has 3 aromatic rings. The number of para-hydroxylation sites is 1. The molecule has 0 unspecified atom stereocenters. The molecule has 3 nitrogen and oxygen atoms in total. The third kappa shape index (κ3) is 2.85. The average Bonchev–Trinajstić information content (AvgIpc) is 2.53. The molecular formula is C18H15N3. The van der Waals surface area contributed by atoms with Crippen molar-refractivity contribution in [1.29, 1.82) is 5.26 Å². The van der Waals surface area contributed by atoms with Crippen molar-refractivity contribution in [3.63, 3.8) is 0 Å². The van der Waals surface area contributed by atoms with Gasteiger partial charge < -0.3 is 5.32 Å². The van der Waals surface area contributed by atoms with E-state index in [1.54, 1.807) is 0 Å². The zero-order valence-electron chi connectivity index (χ0n) is 11.8. The largest absolute Gasteiger partial charge is 0.365 e. The highest BCUT2D eigenvalue weighted by Crippen LogP contribution is 2.20. The molecule has 0 radical (unpaired) electrons. The third-order valence-electron chi connectivity index (χ3n) is 3.42. The van der Waals surface area contributed by atoms with E-state index in [1.165, 1.54) is 11.1 Å². The number of anilines is 1. The zero-order chi connectivity index (χ0) is 14.7. The number of nitrogens with zero attached hydrogens (tertiary/aromatic N) is 2. The van der Waals surface area contributed by atoms with Gasteiger partial charge in [-0.1, -0.05) is 48.0 Å². The van der Waals surface area contributed by atoms with Gasteiger partial charge in [-0.25, -0.2) is 4.98 Å². The lowest BCUT2D eigenvalue weighted by Crippen LogP contribution is -2.03. The van der Waals surface area contributed by atoms with Crippen molar-refractivity contribution >= 4 is 16.7 Å². The summed E-state index contributed by atoms with van der Waals surface area (Å²) < 4.78 is 0. The summed E-state index contributed by atoms with van der Waals surface area (Å²) in [6.07, 6.45) is 0. The van der Waals surface area contributed by atoms with Crippen LogP contribution < -0.4 is 5.32 Å². The van der Waals surface area contributed by atoms with E-state index in [4.69, 9.17) is 0 Å². The van der Waals surface area contributed by atoms with Crippen molar-refractivity contribution in [3.8, 4) is 6.07 Å². The van der Waals surface area contributed by atoms with Crippen LogP contribution in [0, 0.1) is 18.3 Å². The maximum atomic E-state index is 9.28. The lowest BCUT2D eigenvalue weighted by Gasteiger charge is -2.09. The van der Waals surface area contributed by atoms with Gasteiger partial charge in [0.25, 0.3) is 0 Å². The Morgan fingerprint density at radius 3 is 2.62 bits per heavy atom. The first-order valence-corrected chi connectivity index (χ1v) is 6.85. The molecule has 0 aliphatic heterocycles. The molecule has 0 aliphatic rings. The molecule has 0 fully saturated rings. The molecule has 0 atom stereocenters. The van der Waals surface area contributed by atoms with Gasteiger partial charge in [-0.3, -0.25) is 0 Å². The summed E-state index contributed by atoms with van der Waals surface area (Å²) in [7, 11) is 0. The predicted octanol–water partition coefficient (Wildman–Crippen LogP) is 4.03. The van der Waals surface area contributed by atoms with Crippen LogP contribution in [-0.2, 0) is 6.54 Å². The van der Waals surface area contributed by atoms with E-state index in [2.05, 4.69) is 47.6 Å². The highest BCUT2D eigenvalue weighted by Gasteiger charge is 2.06. The van der Waals surface area contributed by atoms with Gasteiger partial charge in [0, 0.05) is 11.9 Å². The average molecular weight is 273 g/mol. The maximum Gasteiger partial charge on any atom is 0.144 e. The van der Waals surface area contributed by atoms with Crippen molar-refractivity contribution in [1.82, 2.24) is 4.98 Å². The lowest BCUT2D eigenvalue weighted by atomic mass is 10.1. The van der Waals surface area contributed by atoms with Gasteiger partial charge in [-0.2, -0.15) is 5.26 Å². The van der Waals surface area contributed by atoms with Crippen LogP contribution in [0.25, 0.3) is 10.9 Å². The van der Waals surface area contributed by atoms with Crippen LogP contribution in [0.15, 0.2) is 54.6 Å². The van der Waals surface area contributed by atoms with E-state index in [9.17, 15) is 5.26 Å². The quantitative estimate of drug-likeness (QED) is 0.783. The summed E-state index contributed by atoms with van der Waals surface area (Å²) in [5.41, 5.74) is 3.86. The van der Waals surface area contributed by atoms with Gasteiger partial charge in [0.15, 0.2) is 0 Å². The topological polar surface area (TPSA) is 48.7 Å². The Kier molecular flexibility index (Phi) is 3.53. The summed E-state index contributed by atoms with van der Waals surface area (Å²) in [6.45, 7) is 2.72. The molecule has 3 rings (SSSR count). The normalized spacial score (nSPS) is 10.3. The van der Waals surface area contributed by atoms with E-state index in [1.807, 2.05) is 30.3 Å². The molecule has 1 heterocycles. The molecule has 3 heteroatoms. The number of aromatic nitrogens is 1. The minimum absolute atomic E-state index is 0.570. The van der Waals surface area contributed by atoms with Crippen LogP contribution in [0.1, 0.15) is 16.7 Å². The second-order valence-corrected chi connectivity index (χ2v) is 5.03. The van der Waals surface area contributed by atoms with Crippen LogP contribution in [0.4, 0.5) is 5.82 Å². The second-order valence-electron chi connectivity index (χ2n) is 5.03. The Bertz CT molecular complexity index is 814. The SMILES string of the molecule is Cc1ccc(CNc2nc3ccccc3cc2C#N)cc1. The maximum absolute atomic E-state index is 9.28. The van der Waals surface area contributed by atoms with Crippen molar-refractivity contribution in [2.45, 2.75) is 13.5 Å².